The van der Waals surface area contributed by atoms with Crippen LogP contribution in [0.15, 0.2) is 10.5 Å². The minimum absolute atomic E-state index is 0.171. The maximum Gasteiger partial charge on any atom is 0.343 e. The van der Waals surface area contributed by atoms with Gasteiger partial charge in [-0.2, -0.15) is 0 Å². The molecule has 2 N–H and O–H groups in total. The Kier molecular flexibility index (Phi) is 3.85. The molecule has 1 aromatic rings. The molecular weight excluding hydrogens is 284 g/mol. The number of nitrogens with two attached hydrogens (primary N) is 1. The zero-order chi connectivity index (χ0) is 12.5. The van der Waals surface area contributed by atoms with E-state index in [1.165, 1.54) is 0 Å². The van der Waals surface area contributed by atoms with Crippen LogP contribution >= 0.6 is 15.9 Å². The van der Waals surface area contributed by atoms with Gasteiger partial charge in [0.25, 0.3) is 0 Å². The van der Waals surface area contributed by atoms with Gasteiger partial charge in [-0.1, -0.05) is 0 Å². The normalized spacial score (nSPS) is 10.6. The Hall–Kier alpha value is -1.17. The third-order valence-corrected chi connectivity index (χ3v) is 2.33. The molecule has 0 atom stereocenters. The Morgan fingerprint density at radius 2 is 2.06 bits per heavy atom. The average Bonchev–Trinajstić information content (AvgIpc) is 2.14. The highest BCUT2D eigenvalue weighted by molar-refractivity contribution is 9.10. The summed E-state index contributed by atoms with van der Waals surface area (Å²) in [6, 6.07) is 0.858. The predicted octanol–water partition coefficient (Wildman–Crippen LogP) is 2.87. The van der Waals surface area contributed by atoms with E-state index in [4.69, 9.17) is 10.5 Å². The second-order valence-corrected chi connectivity index (χ2v) is 4.25. The first-order chi connectivity index (χ1) is 7.34. The smallest absolute Gasteiger partial charge is 0.343 e. The van der Waals surface area contributed by atoms with Gasteiger partial charge in [0.2, 0.25) is 0 Å². The second-order valence-electron chi connectivity index (χ2n) is 3.40. The first-order valence-corrected chi connectivity index (χ1v) is 5.27. The Balaban J connectivity index is 3.27. The van der Waals surface area contributed by atoms with Crippen molar-refractivity contribution in [3.63, 3.8) is 0 Å². The standard InChI is InChI=1S/C10H10BrF2NO2/c1-4(2)16-10(15)7-8(13)5(11)3-6(12)9(7)14/h3-4H,14H2,1-2H3. The van der Waals surface area contributed by atoms with E-state index in [0.717, 1.165) is 6.07 Å². The highest BCUT2D eigenvalue weighted by Gasteiger charge is 2.23. The summed E-state index contributed by atoms with van der Waals surface area (Å²) in [4.78, 5) is 11.5. The van der Waals surface area contributed by atoms with Gasteiger partial charge in [0.15, 0.2) is 5.82 Å². The summed E-state index contributed by atoms with van der Waals surface area (Å²) in [6.07, 6.45) is -0.437. The van der Waals surface area contributed by atoms with Crippen LogP contribution in [0.4, 0.5) is 14.5 Å². The number of anilines is 1. The fraction of sp³-hybridized carbons (Fsp3) is 0.300. The van der Waals surface area contributed by atoms with Crippen LogP contribution in [0.1, 0.15) is 24.2 Å². The van der Waals surface area contributed by atoms with Gasteiger partial charge in [-0.3, -0.25) is 0 Å². The fourth-order valence-corrected chi connectivity index (χ4v) is 1.48. The lowest BCUT2D eigenvalue weighted by atomic mass is 10.1. The molecule has 3 nitrogen and oxygen atoms in total. The van der Waals surface area contributed by atoms with E-state index in [1.54, 1.807) is 13.8 Å². The Labute approximate surface area is 99.7 Å². The second kappa shape index (κ2) is 4.78. The molecule has 0 spiro atoms. The molecule has 0 bridgehead atoms. The monoisotopic (exact) mass is 293 g/mol. The number of ether oxygens (including phenoxy) is 1. The number of carbonyl (C=O) groups is 1. The Bertz CT molecular complexity index is 409. The van der Waals surface area contributed by atoms with Crippen LogP contribution in [0, 0.1) is 11.6 Å². The van der Waals surface area contributed by atoms with Crippen molar-refractivity contribution >= 4 is 27.6 Å². The SMILES string of the molecule is CC(C)OC(=O)c1c(N)c(F)cc(Br)c1F. The van der Waals surface area contributed by atoms with Crippen LogP contribution in [-0.4, -0.2) is 12.1 Å². The molecule has 0 saturated heterocycles. The Morgan fingerprint density at radius 3 is 2.56 bits per heavy atom. The zero-order valence-corrected chi connectivity index (χ0v) is 10.3. The molecule has 0 amide bonds. The molecule has 88 valence electrons. The first-order valence-electron chi connectivity index (χ1n) is 4.48. The topological polar surface area (TPSA) is 52.3 Å². The number of rotatable bonds is 2. The van der Waals surface area contributed by atoms with Gasteiger partial charge in [0, 0.05) is 0 Å². The minimum Gasteiger partial charge on any atom is -0.459 e. The summed E-state index contributed by atoms with van der Waals surface area (Å²) in [6.45, 7) is 3.20. The summed E-state index contributed by atoms with van der Waals surface area (Å²) in [5.74, 6) is -2.78. The number of hydrogen-bond donors (Lipinski definition) is 1. The maximum atomic E-state index is 13.5. The van der Waals surface area contributed by atoms with Gasteiger partial charge >= 0.3 is 5.97 Å². The van der Waals surface area contributed by atoms with Crippen molar-refractivity contribution in [3.8, 4) is 0 Å². The van der Waals surface area contributed by atoms with Gasteiger partial charge in [0.05, 0.1) is 16.3 Å². The van der Waals surface area contributed by atoms with Crippen molar-refractivity contribution in [2.24, 2.45) is 0 Å². The molecule has 0 radical (unpaired) electrons. The summed E-state index contributed by atoms with van der Waals surface area (Å²) >= 11 is 2.79. The van der Waals surface area contributed by atoms with E-state index in [9.17, 15) is 13.6 Å². The van der Waals surface area contributed by atoms with Crippen LogP contribution in [0.3, 0.4) is 0 Å². The molecule has 16 heavy (non-hydrogen) atoms. The molecule has 0 unspecified atom stereocenters. The molecule has 0 saturated carbocycles. The molecule has 0 heterocycles. The summed E-state index contributed by atoms with van der Waals surface area (Å²) < 4.78 is 31.3. The quantitative estimate of drug-likeness (QED) is 0.518. The lowest BCUT2D eigenvalue weighted by Gasteiger charge is -2.11. The number of benzene rings is 1. The summed E-state index contributed by atoms with van der Waals surface area (Å²) in [7, 11) is 0. The highest BCUT2D eigenvalue weighted by Crippen LogP contribution is 2.27. The van der Waals surface area contributed by atoms with E-state index in [0.29, 0.717) is 0 Å². The Morgan fingerprint density at radius 1 is 1.50 bits per heavy atom. The lowest BCUT2D eigenvalue weighted by molar-refractivity contribution is 0.0373. The molecule has 0 aliphatic carbocycles. The maximum absolute atomic E-state index is 13.5. The van der Waals surface area contributed by atoms with Crippen LogP contribution < -0.4 is 5.73 Å². The van der Waals surface area contributed by atoms with Crippen molar-refractivity contribution in [3.05, 3.63) is 27.7 Å². The number of hydrogen-bond acceptors (Lipinski definition) is 3. The van der Waals surface area contributed by atoms with E-state index in [-0.39, 0.29) is 4.47 Å². The van der Waals surface area contributed by atoms with Crippen molar-refractivity contribution in [2.45, 2.75) is 20.0 Å². The van der Waals surface area contributed by atoms with E-state index >= 15 is 0 Å². The largest absolute Gasteiger partial charge is 0.459 e. The van der Waals surface area contributed by atoms with Gasteiger partial charge in [-0.15, -0.1) is 0 Å². The van der Waals surface area contributed by atoms with Gasteiger partial charge in [0.1, 0.15) is 11.4 Å². The van der Waals surface area contributed by atoms with Crippen LogP contribution in [0.2, 0.25) is 0 Å². The number of nitrogen functional groups attached to an aromatic ring is 1. The third kappa shape index (κ3) is 2.49. The van der Waals surface area contributed by atoms with Crippen LogP contribution in [0.5, 0.6) is 0 Å². The lowest BCUT2D eigenvalue weighted by Crippen LogP contribution is -2.16. The van der Waals surface area contributed by atoms with Gasteiger partial charge in [-0.05, 0) is 35.8 Å². The molecule has 1 rings (SSSR count). The van der Waals surface area contributed by atoms with E-state index in [1.807, 2.05) is 0 Å². The van der Waals surface area contributed by atoms with Gasteiger partial charge in [-0.25, -0.2) is 13.6 Å². The summed E-state index contributed by atoms with van der Waals surface area (Å²) in [5.41, 5.74) is 4.16. The third-order valence-electron chi connectivity index (χ3n) is 1.76. The molecule has 0 fully saturated rings. The van der Waals surface area contributed by atoms with Gasteiger partial charge < -0.3 is 10.5 Å². The number of carbonyl (C=O) groups excluding carboxylic acids is 1. The molecule has 0 aromatic heterocycles. The van der Waals surface area contributed by atoms with Crippen LogP contribution in [-0.2, 0) is 4.74 Å². The van der Waals surface area contributed by atoms with E-state index < -0.39 is 35.0 Å². The van der Waals surface area contributed by atoms with Crippen molar-refractivity contribution in [1.82, 2.24) is 0 Å². The zero-order valence-electron chi connectivity index (χ0n) is 8.68. The van der Waals surface area contributed by atoms with Crippen molar-refractivity contribution in [1.29, 1.82) is 0 Å². The number of esters is 1. The van der Waals surface area contributed by atoms with Crippen molar-refractivity contribution < 1.29 is 18.3 Å². The molecule has 6 heteroatoms. The fourth-order valence-electron chi connectivity index (χ4n) is 1.08. The molecule has 1 aromatic carbocycles. The minimum atomic E-state index is -0.981. The number of halogens is 3. The molecular formula is C10H10BrF2NO2. The van der Waals surface area contributed by atoms with E-state index in [2.05, 4.69) is 15.9 Å². The predicted molar refractivity (Wildman–Crippen MR) is 59.0 cm³/mol. The molecule has 0 aliphatic heterocycles. The molecule has 0 aliphatic rings. The average molecular weight is 294 g/mol. The van der Waals surface area contributed by atoms with Crippen LogP contribution in [0.25, 0.3) is 0 Å². The highest BCUT2D eigenvalue weighted by atomic mass is 79.9. The van der Waals surface area contributed by atoms with Crippen molar-refractivity contribution in [2.75, 3.05) is 5.73 Å². The first kappa shape index (κ1) is 12.9. The summed E-state index contributed by atoms with van der Waals surface area (Å²) in [5, 5.41) is 0.